The van der Waals surface area contributed by atoms with Gasteiger partial charge in [-0.1, -0.05) is 35.9 Å². The second-order valence-corrected chi connectivity index (χ2v) is 5.94. The number of amides is 1. The van der Waals surface area contributed by atoms with Crippen molar-refractivity contribution in [3.05, 3.63) is 64.4 Å². The fourth-order valence-electron chi connectivity index (χ4n) is 2.99. The van der Waals surface area contributed by atoms with Crippen molar-refractivity contribution in [3.8, 4) is 5.75 Å². The molecule has 1 amide bonds. The van der Waals surface area contributed by atoms with E-state index in [9.17, 15) is 9.18 Å². The summed E-state index contributed by atoms with van der Waals surface area (Å²) in [7, 11) is 1.60. The molecular weight excluding hydrogens is 366 g/mol. The van der Waals surface area contributed by atoms with E-state index in [2.05, 4.69) is 5.32 Å². The van der Waals surface area contributed by atoms with Crippen LogP contribution in [-0.4, -0.2) is 37.6 Å². The van der Waals surface area contributed by atoms with Crippen molar-refractivity contribution in [3.63, 3.8) is 0 Å². The Kier molecular flexibility index (Phi) is 6.64. The molecule has 4 nitrogen and oxygen atoms in total. The third kappa shape index (κ3) is 3.89. The predicted octanol–water partition coefficient (Wildman–Crippen LogP) is 3.70. The number of nitrogens with zero attached hydrogens (tertiary/aromatic N) is 1. The quantitative estimate of drug-likeness (QED) is 0.876. The van der Waals surface area contributed by atoms with Gasteiger partial charge in [-0.15, -0.1) is 12.4 Å². The maximum absolute atomic E-state index is 13.7. The average molecular weight is 385 g/mol. The molecule has 0 spiro atoms. The van der Waals surface area contributed by atoms with Crippen molar-refractivity contribution < 1.29 is 13.9 Å². The summed E-state index contributed by atoms with van der Waals surface area (Å²) >= 11 is 6.00. The summed E-state index contributed by atoms with van der Waals surface area (Å²) in [5.74, 6) is -0.155. The van der Waals surface area contributed by atoms with Crippen LogP contribution in [0.5, 0.6) is 5.75 Å². The van der Waals surface area contributed by atoms with E-state index in [0.717, 1.165) is 5.56 Å². The van der Waals surface area contributed by atoms with Crippen LogP contribution in [0.1, 0.15) is 22.0 Å². The first-order valence-corrected chi connectivity index (χ1v) is 8.10. The zero-order valence-electron chi connectivity index (χ0n) is 13.7. The zero-order valence-corrected chi connectivity index (χ0v) is 15.2. The van der Waals surface area contributed by atoms with Crippen molar-refractivity contribution >= 4 is 29.9 Å². The molecule has 2 aromatic carbocycles. The van der Waals surface area contributed by atoms with Crippen LogP contribution in [0.4, 0.5) is 4.39 Å². The van der Waals surface area contributed by atoms with E-state index < -0.39 is 5.82 Å². The molecule has 3 rings (SSSR count). The van der Waals surface area contributed by atoms with Gasteiger partial charge < -0.3 is 15.0 Å². The Labute approximate surface area is 157 Å². The first-order chi connectivity index (χ1) is 11.6. The Morgan fingerprint density at radius 3 is 2.80 bits per heavy atom. The van der Waals surface area contributed by atoms with Crippen molar-refractivity contribution in [2.75, 3.05) is 26.7 Å². The van der Waals surface area contributed by atoms with Crippen LogP contribution in [0.25, 0.3) is 0 Å². The SMILES string of the molecule is COc1ccccc1C1CNCCN1C(=O)c1cccc(F)c1Cl.Cl. The number of methoxy groups -OCH3 is 1. The van der Waals surface area contributed by atoms with Gasteiger partial charge in [0.1, 0.15) is 11.6 Å². The molecule has 1 fully saturated rings. The Morgan fingerprint density at radius 1 is 1.28 bits per heavy atom. The molecule has 1 atom stereocenters. The van der Waals surface area contributed by atoms with Gasteiger partial charge in [0.15, 0.2) is 0 Å². The van der Waals surface area contributed by atoms with Gasteiger partial charge in [-0.25, -0.2) is 4.39 Å². The minimum Gasteiger partial charge on any atom is -0.496 e. The summed E-state index contributed by atoms with van der Waals surface area (Å²) in [6.45, 7) is 1.78. The topological polar surface area (TPSA) is 41.6 Å². The number of para-hydroxylation sites is 1. The molecule has 134 valence electrons. The molecular formula is C18H19Cl2FN2O2. The smallest absolute Gasteiger partial charge is 0.256 e. The monoisotopic (exact) mass is 384 g/mol. The summed E-state index contributed by atoms with van der Waals surface area (Å²) < 4.78 is 19.1. The van der Waals surface area contributed by atoms with Crippen molar-refractivity contribution in [2.45, 2.75) is 6.04 Å². The Morgan fingerprint density at radius 2 is 2.04 bits per heavy atom. The number of ether oxygens (including phenoxy) is 1. The van der Waals surface area contributed by atoms with Gasteiger partial charge in [0.25, 0.3) is 5.91 Å². The number of nitrogens with one attached hydrogen (secondary N) is 1. The average Bonchev–Trinajstić information content (AvgIpc) is 2.63. The van der Waals surface area contributed by atoms with E-state index in [-0.39, 0.29) is 34.9 Å². The van der Waals surface area contributed by atoms with E-state index in [0.29, 0.717) is 25.4 Å². The number of halogens is 3. The molecule has 1 unspecified atom stereocenters. The van der Waals surface area contributed by atoms with Crippen LogP contribution in [0, 0.1) is 5.82 Å². The highest BCUT2D eigenvalue weighted by atomic mass is 35.5. The maximum atomic E-state index is 13.7. The maximum Gasteiger partial charge on any atom is 0.256 e. The minimum atomic E-state index is -0.591. The third-order valence-electron chi connectivity index (χ3n) is 4.18. The Bertz CT molecular complexity index is 758. The highest BCUT2D eigenvalue weighted by Gasteiger charge is 2.31. The molecule has 25 heavy (non-hydrogen) atoms. The summed E-state index contributed by atoms with van der Waals surface area (Å²) in [5.41, 5.74) is 1.09. The van der Waals surface area contributed by atoms with Crippen LogP contribution in [-0.2, 0) is 0 Å². The second kappa shape index (κ2) is 8.52. The number of piperazine rings is 1. The van der Waals surface area contributed by atoms with Gasteiger partial charge in [-0.2, -0.15) is 0 Å². The molecule has 1 aliphatic rings. The number of carbonyl (C=O) groups is 1. The summed E-state index contributed by atoms with van der Waals surface area (Å²) in [5, 5.41) is 3.15. The molecule has 1 heterocycles. The highest BCUT2D eigenvalue weighted by Crippen LogP contribution is 2.32. The number of rotatable bonds is 3. The minimum absolute atomic E-state index is 0. The molecule has 0 radical (unpaired) electrons. The van der Waals surface area contributed by atoms with Crippen LogP contribution in [0.15, 0.2) is 42.5 Å². The summed E-state index contributed by atoms with van der Waals surface area (Å²) in [6.07, 6.45) is 0. The molecule has 0 aliphatic carbocycles. The predicted molar refractivity (Wildman–Crippen MR) is 98.3 cm³/mol. The van der Waals surface area contributed by atoms with Crippen LogP contribution in [0.2, 0.25) is 5.02 Å². The highest BCUT2D eigenvalue weighted by molar-refractivity contribution is 6.34. The van der Waals surface area contributed by atoms with Crippen molar-refractivity contribution in [1.29, 1.82) is 0 Å². The van der Waals surface area contributed by atoms with Gasteiger partial charge in [-0.05, 0) is 18.2 Å². The lowest BCUT2D eigenvalue weighted by atomic mass is 10.0. The molecule has 7 heteroatoms. The molecule has 1 N–H and O–H groups in total. The van der Waals surface area contributed by atoms with Gasteiger partial charge in [0.2, 0.25) is 0 Å². The van der Waals surface area contributed by atoms with Crippen LogP contribution in [0.3, 0.4) is 0 Å². The van der Waals surface area contributed by atoms with E-state index in [4.69, 9.17) is 16.3 Å². The van der Waals surface area contributed by atoms with Gasteiger partial charge in [-0.3, -0.25) is 4.79 Å². The standard InChI is InChI=1S/C18H18ClFN2O2.ClH/c1-24-16-8-3-2-5-12(16)15-11-21-9-10-22(15)18(23)13-6-4-7-14(20)17(13)19;/h2-8,15,21H,9-11H2,1H3;1H. The fourth-order valence-corrected chi connectivity index (χ4v) is 3.20. The normalized spacial score (nSPS) is 16.9. The molecule has 0 bridgehead atoms. The lowest BCUT2D eigenvalue weighted by Gasteiger charge is -2.37. The first-order valence-electron chi connectivity index (χ1n) is 7.72. The van der Waals surface area contributed by atoms with Gasteiger partial charge >= 0.3 is 0 Å². The van der Waals surface area contributed by atoms with Gasteiger partial charge in [0.05, 0.1) is 23.7 Å². The van der Waals surface area contributed by atoms with Crippen LogP contribution >= 0.6 is 24.0 Å². The fraction of sp³-hybridized carbons (Fsp3) is 0.278. The second-order valence-electron chi connectivity index (χ2n) is 5.56. The molecule has 1 saturated heterocycles. The number of benzene rings is 2. The van der Waals surface area contributed by atoms with E-state index in [1.165, 1.54) is 12.1 Å². The largest absolute Gasteiger partial charge is 0.496 e. The zero-order chi connectivity index (χ0) is 17.1. The Balaban J connectivity index is 0.00000225. The van der Waals surface area contributed by atoms with Gasteiger partial charge in [0, 0.05) is 25.2 Å². The van der Waals surface area contributed by atoms with E-state index >= 15 is 0 Å². The summed E-state index contributed by atoms with van der Waals surface area (Å²) in [4.78, 5) is 14.7. The molecule has 2 aromatic rings. The lowest BCUT2D eigenvalue weighted by Crippen LogP contribution is -2.48. The first kappa shape index (κ1) is 19.5. The Hall–Kier alpha value is -1.82. The van der Waals surface area contributed by atoms with Crippen molar-refractivity contribution in [2.24, 2.45) is 0 Å². The summed E-state index contributed by atoms with van der Waals surface area (Å²) in [6, 6.07) is 11.7. The lowest BCUT2D eigenvalue weighted by molar-refractivity contribution is 0.0631. The third-order valence-corrected chi connectivity index (χ3v) is 4.57. The van der Waals surface area contributed by atoms with Crippen molar-refractivity contribution in [1.82, 2.24) is 10.2 Å². The molecule has 0 aromatic heterocycles. The molecule has 1 aliphatic heterocycles. The number of carbonyl (C=O) groups excluding carboxylic acids is 1. The number of hydrogen-bond donors (Lipinski definition) is 1. The number of hydrogen-bond acceptors (Lipinski definition) is 3. The van der Waals surface area contributed by atoms with Crippen LogP contribution < -0.4 is 10.1 Å². The van der Waals surface area contributed by atoms with E-state index in [1.54, 1.807) is 18.1 Å². The molecule has 0 saturated carbocycles. The van der Waals surface area contributed by atoms with E-state index in [1.807, 2.05) is 24.3 Å².